The molecule has 1 aromatic carbocycles. The van der Waals surface area contributed by atoms with Crippen LogP contribution in [0.15, 0.2) is 30.3 Å². The Morgan fingerprint density at radius 2 is 1.90 bits per heavy atom. The maximum Gasteiger partial charge on any atom is 0.319 e. The molecule has 0 spiro atoms. The van der Waals surface area contributed by atoms with Gasteiger partial charge in [0.25, 0.3) is 0 Å². The summed E-state index contributed by atoms with van der Waals surface area (Å²) in [6.45, 7) is 2.93. The number of para-hydroxylation sites is 1. The van der Waals surface area contributed by atoms with Gasteiger partial charge in [-0.3, -0.25) is 14.5 Å². The van der Waals surface area contributed by atoms with Crippen LogP contribution in [0.3, 0.4) is 0 Å². The number of benzene rings is 1. The summed E-state index contributed by atoms with van der Waals surface area (Å²) < 4.78 is 0. The Bertz CT molecular complexity index is 750. The van der Waals surface area contributed by atoms with Crippen LogP contribution in [0.25, 0.3) is 0 Å². The third kappa shape index (κ3) is 4.70. The van der Waals surface area contributed by atoms with E-state index in [1.165, 1.54) is 0 Å². The number of fused-ring (bicyclic) bond motifs is 1. The molecule has 3 fully saturated rings. The second-order valence-corrected chi connectivity index (χ2v) is 8.14. The zero-order chi connectivity index (χ0) is 20.2. The number of nitrogens with one attached hydrogen (secondary N) is 3. The summed E-state index contributed by atoms with van der Waals surface area (Å²) >= 11 is 0. The summed E-state index contributed by atoms with van der Waals surface area (Å²) in [5, 5.41) is 8.79. The third-order valence-corrected chi connectivity index (χ3v) is 6.14. The zero-order valence-corrected chi connectivity index (χ0v) is 16.6. The summed E-state index contributed by atoms with van der Waals surface area (Å²) in [6.07, 6.45) is 4.02. The van der Waals surface area contributed by atoms with Crippen molar-refractivity contribution in [2.24, 2.45) is 0 Å². The maximum absolute atomic E-state index is 12.4. The predicted molar refractivity (Wildman–Crippen MR) is 109 cm³/mol. The highest BCUT2D eigenvalue weighted by Crippen LogP contribution is 2.26. The molecule has 0 bridgehead atoms. The summed E-state index contributed by atoms with van der Waals surface area (Å²) in [5.74, 6) is 0.229. The molecule has 0 aliphatic carbocycles. The lowest BCUT2D eigenvalue weighted by atomic mass is 10.0. The van der Waals surface area contributed by atoms with Gasteiger partial charge in [-0.2, -0.15) is 0 Å². The second-order valence-electron chi connectivity index (χ2n) is 8.14. The molecule has 8 nitrogen and oxygen atoms in total. The molecule has 3 aliphatic rings. The Morgan fingerprint density at radius 1 is 1.14 bits per heavy atom. The molecule has 3 N–H and O–H groups in total. The Morgan fingerprint density at radius 3 is 2.66 bits per heavy atom. The van der Waals surface area contributed by atoms with Crippen LogP contribution >= 0.6 is 0 Å². The Labute approximate surface area is 171 Å². The minimum absolute atomic E-state index is 0.0138. The van der Waals surface area contributed by atoms with Crippen LogP contribution in [0.5, 0.6) is 0 Å². The first-order chi connectivity index (χ1) is 14.1. The number of likely N-dealkylation sites (tertiary alicyclic amines) is 1. The molecule has 3 saturated heterocycles. The molecule has 8 heteroatoms. The number of carbonyl (C=O) groups excluding carboxylic acids is 3. The van der Waals surface area contributed by atoms with Crippen molar-refractivity contribution in [1.29, 1.82) is 0 Å². The maximum atomic E-state index is 12.4. The Balaban J connectivity index is 1.30. The van der Waals surface area contributed by atoms with Crippen molar-refractivity contribution in [3.8, 4) is 0 Å². The Kier molecular flexibility index (Phi) is 5.99. The molecular weight excluding hydrogens is 370 g/mol. The fraction of sp³-hybridized carbons (Fsp3) is 0.571. The van der Waals surface area contributed by atoms with Gasteiger partial charge >= 0.3 is 6.03 Å². The Hall–Kier alpha value is -2.61. The van der Waals surface area contributed by atoms with Crippen LogP contribution in [0.1, 0.15) is 32.1 Å². The van der Waals surface area contributed by atoms with E-state index in [-0.39, 0.29) is 36.0 Å². The van der Waals surface area contributed by atoms with Gasteiger partial charge < -0.3 is 20.9 Å². The summed E-state index contributed by atoms with van der Waals surface area (Å²) in [5.41, 5.74) is 0.733. The molecule has 1 aromatic rings. The summed E-state index contributed by atoms with van der Waals surface area (Å²) in [6, 6.07) is 8.83. The topological polar surface area (TPSA) is 93.8 Å². The van der Waals surface area contributed by atoms with Gasteiger partial charge in [0.15, 0.2) is 0 Å². The number of hydrogen-bond acceptors (Lipinski definition) is 4. The van der Waals surface area contributed by atoms with Crippen molar-refractivity contribution < 1.29 is 14.4 Å². The lowest BCUT2D eigenvalue weighted by Crippen LogP contribution is -2.58. The van der Waals surface area contributed by atoms with Crippen LogP contribution in [-0.4, -0.2) is 71.9 Å². The van der Waals surface area contributed by atoms with Gasteiger partial charge in [0.1, 0.15) is 0 Å². The zero-order valence-electron chi connectivity index (χ0n) is 16.6. The minimum Gasteiger partial charge on any atom is -0.353 e. The molecule has 3 atom stereocenters. The van der Waals surface area contributed by atoms with Crippen molar-refractivity contribution in [2.75, 3.05) is 31.5 Å². The molecule has 4 amide bonds. The molecule has 0 radical (unpaired) electrons. The molecule has 0 saturated carbocycles. The third-order valence-electron chi connectivity index (χ3n) is 6.14. The minimum atomic E-state index is -0.262. The van der Waals surface area contributed by atoms with E-state index >= 15 is 0 Å². The number of piperazine rings is 1. The van der Waals surface area contributed by atoms with Gasteiger partial charge in [0.2, 0.25) is 11.8 Å². The van der Waals surface area contributed by atoms with E-state index in [4.69, 9.17) is 0 Å². The van der Waals surface area contributed by atoms with Crippen LogP contribution in [0.2, 0.25) is 0 Å². The number of rotatable bonds is 5. The highest BCUT2D eigenvalue weighted by atomic mass is 16.2. The molecule has 3 heterocycles. The van der Waals surface area contributed by atoms with Gasteiger partial charge in [0, 0.05) is 50.4 Å². The number of carbonyl (C=O) groups is 3. The number of nitrogens with zero attached hydrogens (tertiary/aromatic N) is 2. The first-order valence-corrected chi connectivity index (χ1v) is 10.5. The van der Waals surface area contributed by atoms with Crippen molar-refractivity contribution >= 4 is 23.5 Å². The number of anilines is 1. The number of urea groups is 1. The predicted octanol–water partition coefficient (Wildman–Crippen LogP) is 1.15. The highest BCUT2D eigenvalue weighted by Gasteiger charge is 2.43. The summed E-state index contributed by atoms with van der Waals surface area (Å²) in [4.78, 5) is 41.1. The van der Waals surface area contributed by atoms with Crippen molar-refractivity contribution in [3.05, 3.63) is 30.3 Å². The lowest BCUT2D eigenvalue weighted by molar-refractivity contribution is -0.131. The van der Waals surface area contributed by atoms with E-state index in [9.17, 15) is 14.4 Å². The largest absolute Gasteiger partial charge is 0.353 e. The first-order valence-electron chi connectivity index (χ1n) is 10.5. The van der Waals surface area contributed by atoms with Gasteiger partial charge in [-0.1, -0.05) is 18.2 Å². The molecule has 0 aromatic heterocycles. The second kappa shape index (κ2) is 8.82. The van der Waals surface area contributed by atoms with E-state index in [1.807, 2.05) is 35.2 Å². The average molecular weight is 399 g/mol. The quantitative estimate of drug-likeness (QED) is 0.692. The first kappa shape index (κ1) is 19.7. The molecule has 3 aliphatic heterocycles. The monoisotopic (exact) mass is 399 g/mol. The number of amides is 4. The van der Waals surface area contributed by atoms with E-state index in [2.05, 4.69) is 20.9 Å². The fourth-order valence-electron chi connectivity index (χ4n) is 4.64. The molecule has 0 unspecified atom stereocenters. The van der Waals surface area contributed by atoms with Gasteiger partial charge in [-0.25, -0.2) is 4.79 Å². The SMILES string of the molecule is O=C(Nc1ccccc1)N[C@@H]1C[C@H]2C(=O)NC[C@@H](CCC(=O)N3CCCC3)N2C1. The van der Waals surface area contributed by atoms with Crippen molar-refractivity contribution in [3.63, 3.8) is 0 Å². The van der Waals surface area contributed by atoms with E-state index in [1.54, 1.807) is 0 Å². The molecular formula is C21H29N5O3. The smallest absolute Gasteiger partial charge is 0.319 e. The van der Waals surface area contributed by atoms with Crippen molar-refractivity contribution in [2.45, 2.75) is 50.2 Å². The number of hydrogen-bond donors (Lipinski definition) is 3. The standard InChI is InChI=1S/C21H29N5O3/c27-19(25-10-4-5-11-25)9-8-17-13-22-20(28)18-12-16(14-26(17)18)24-21(29)23-15-6-2-1-3-7-15/h1-3,6-7,16-18H,4-5,8-14H2,(H,22,28)(H2,23,24,29)/t16-,17-,18+/m1/s1. The molecule has 4 rings (SSSR count). The molecule has 156 valence electrons. The van der Waals surface area contributed by atoms with Crippen LogP contribution in [-0.2, 0) is 9.59 Å². The van der Waals surface area contributed by atoms with Crippen LogP contribution < -0.4 is 16.0 Å². The summed E-state index contributed by atoms with van der Waals surface area (Å²) in [7, 11) is 0. The average Bonchev–Trinajstić information content (AvgIpc) is 3.38. The molecule has 29 heavy (non-hydrogen) atoms. The van der Waals surface area contributed by atoms with Gasteiger partial charge in [-0.15, -0.1) is 0 Å². The van der Waals surface area contributed by atoms with Crippen LogP contribution in [0.4, 0.5) is 10.5 Å². The normalized spacial score (nSPS) is 26.7. The van der Waals surface area contributed by atoms with Crippen LogP contribution in [0, 0.1) is 0 Å². The van der Waals surface area contributed by atoms with E-state index < -0.39 is 0 Å². The van der Waals surface area contributed by atoms with Gasteiger partial charge in [0.05, 0.1) is 6.04 Å². The highest BCUT2D eigenvalue weighted by molar-refractivity contribution is 5.89. The van der Waals surface area contributed by atoms with E-state index in [0.717, 1.165) is 38.0 Å². The fourth-order valence-corrected chi connectivity index (χ4v) is 4.64. The van der Waals surface area contributed by atoms with E-state index in [0.29, 0.717) is 25.9 Å². The van der Waals surface area contributed by atoms with Gasteiger partial charge in [-0.05, 0) is 37.8 Å². The van der Waals surface area contributed by atoms with Crippen molar-refractivity contribution in [1.82, 2.24) is 20.4 Å². The lowest BCUT2D eigenvalue weighted by Gasteiger charge is -2.37.